The van der Waals surface area contributed by atoms with Crippen LogP contribution in [-0.4, -0.2) is 37.8 Å². The number of rotatable bonds is 4. The highest BCUT2D eigenvalue weighted by Crippen LogP contribution is 2.24. The smallest absolute Gasteiger partial charge is 0.243 e. The standard InChI is InChI=1S/C16H23FN2O3S/c1-11(2)16(20)18-13-6-5-9-19(10-13)23(21,22)15-8-4-7-14(17)12(15)3/h4,7-8,11,13H,5-6,9-10H2,1-3H3,(H,18,20)/t13-/m0/s1. The van der Waals surface area contributed by atoms with Crippen molar-refractivity contribution in [1.29, 1.82) is 0 Å². The highest BCUT2D eigenvalue weighted by atomic mass is 32.2. The molecule has 2 rings (SSSR count). The van der Waals surface area contributed by atoms with Gasteiger partial charge in [-0.05, 0) is 31.9 Å². The maximum atomic E-state index is 13.7. The number of carbonyl (C=O) groups is 1. The van der Waals surface area contributed by atoms with Crippen LogP contribution >= 0.6 is 0 Å². The topological polar surface area (TPSA) is 66.5 Å². The van der Waals surface area contributed by atoms with Gasteiger partial charge in [-0.3, -0.25) is 4.79 Å². The molecule has 0 radical (unpaired) electrons. The number of nitrogens with zero attached hydrogens (tertiary/aromatic N) is 1. The summed E-state index contributed by atoms with van der Waals surface area (Å²) in [7, 11) is -3.76. The summed E-state index contributed by atoms with van der Waals surface area (Å²) in [5, 5.41) is 2.88. The molecule has 23 heavy (non-hydrogen) atoms. The predicted octanol–water partition coefficient (Wildman–Crippen LogP) is 2.06. The molecule has 0 saturated carbocycles. The second-order valence-corrected chi connectivity index (χ2v) is 8.13. The first-order chi connectivity index (χ1) is 10.7. The number of halogens is 1. The first kappa shape index (κ1) is 17.9. The van der Waals surface area contributed by atoms with E-state index in [2.05, 4.69) is 5.32 Å². The van der Waals surface area contributed by atoms with Crippen molar-refractivity contribution in [2.45, 2.75) is 44.6 Å². The molecule has 1 amide bonds. The fourth-order valence-corrected chi connectivity index (χ4v) is 4.41. The van der Waals surface area contributed by atoms with E-state index in [1.165, 1.54) is 29.4 Å². The van der Waals surface area contributed by atoms with Crippen LogP contribution < -0.4 is 5.32 Å². The lowest BCUT2D eigenvalue weighted by Crippen LogP contribution is -2.50. The third-order valence-corrected chi connectivity index (χ3v) is 6.10. The van der Waals surface area contributed by atoms with E-state index < -0.39 is 15.8 Å². The lowest BCUT2D eigenvalue weighted by molar-refractivity contribution is -0.124. The molecule has 1 aromatic rings. The van der Waals surface area contributed by atoms with Crippen molar-refractivity contribution in [1.82, 2.24) is 9.62 Å². The summed E-state index contributed by atoms with van der Waals surface area (Å²) >= 11 is 0. The van der Waals surface area contributed by atoms with Crippen LogP contribution in [0.5, 0.6) is 0 Å². The Hall–Kier alpha value is -1.47. The van der Waals surface area contributed by atoms with Crippen molar-refractivity contribution in [3.8, 4) is 0 Å². The van der Waals surface area contributed by atoms with Gasteiger partial charge in [0.25, 0.3) is 0 Å². The van der Waals surface area contributed by atoms with Crippen LogP contribution in [0.1, 0.15) is 32.3 Å². The summed E-state index contributed by atoms with van der Waals surface area (Å²) in [6.07, 6.45) is 1.41. The minimum Gasteiger partial charge on any atom is -0.352 e. The Balaban J connectivity index is 2.20. The van der Waals surface area contributed by atoms with Crippen LogP contribution in [0.15, 0.2) is 23.1 Å². The number of carbonyl (C=O) groups excluding carboxylic acids is 1. The zero-order valence-electron chi connectivity index (χ0n) is 13.7. The van der Waals surface area contributed by atoms with E-state index >= 15 is 0 Å². The van der Waals surface area contributed by atoms with E-state index in [-0.39, 0.29) is 34.9 Å². The molecular formula is C16H23FN2O3S. The quantitative estimate of drug-likeness (QED) is 0.911. The zero-order chi connectivity index (χ0) is 17.2. The number of hydrogen-bond acceptors (Lipinski definition) is 3. The summed E-state index contributed by atoms with van der Waals surface area (Å²) in [6, 6.07) is 3.86. The molecule has 1 atom stereocenters. The maximum absolute atomic E-state index is 13.7. The van der Waals surface area contributed by atoms with E-state index in [0.29, 0.717) is 13.0 Å². The zero-order valence-corrected chi connectivity index (χ0v) is 14.5. The Morgan fingerprint density at radius 3 is 2.74 bits per heavy atom. The fourth-order valence-electron chi connectivity index (χ4n) is 2.65. The lowest BCUT2D eigenvalue weighted by atomic mass is 10.1. The van der Waals surface area contributed by atoms with Crippen LogP contribution in [0.2, 0.25) is 0 Å². The molecule has 1 aliphatic heterocycles. The average Bonchev–Trinajstić information content (AvgIpc) is 2.50. The van der Waals surface area contributed by atoms with Crippen molar-refractivity contribution in [2.75, 3.05) is 13.1 Å². The fraction of sp³-hybridized carbons (Fsp3) is 0.562. The molecule has 1 saturated heterocycles. The third kappa shape index (κ3) is 3.90. The Labute approximate surface area is 136 Å². The molecule has 7 heteroatoms. The number of piperidine rings is 1. The molecule has 0 spiro atoms. The van der Waals surface area contributed by atoms with Crippen molar-refractivity contribution < 1.29 is 17.6 Å². The van der Waals surface area contributed by atoms with Crippen LogP contribution in [0.4, 0.5) is 4.39 Å². The summed E-state index contributed by atoms with van der Waals surface area (Å²) in [5.74, 6) is -0.767. The van der Waals surface area contributed by atoms with Crippen molar-refractivity contribution >= 4 is 15.9 Å². The van der Waals surface area contributed by atoms with Gasteiger partial charge in [0.2, 0.25) is 15.9 Å². The van der Waals surface area contributed by atoms with Crippen molar-refractivity contribution in [3.05, 3.63) is 29.6 Å². The molecule has 1 heterocycles. The van der Waals surface area contributed by atoms with Gasteiger partial charge in [0.15, 0.2) is 0 Å². The highest BCUT2D eigenvalue weighted by Gasteiger charge is 2.32. The third-order valence-electron chi connectivity index (χ3n) is 4.09. The van der Waals surface area contributed by atoms with E-state index in [0.717, 1.165) is 6.42 Å². The van der Waals surface area contributed by atoms with Crippen molar-refractivity contribution in [2.24, 2.45) is 5.92 Å². The van der Waals surface area contributed by atoms with Gasteiger partial charge in [0.1, 0.15) is 5.82 Å². The van der Waals surface area contributed by atoms with Crippen LogP contribution in [0, 0.1) is 18.7 Å². The molecule has 1 aromatic carbocycles. The molecule has 0 aliphatic carbocycles. The molecular weight excluding hydrogens is 319 g/mol. The molecule has 128 valence electrons. The second-order valence-electron chi connectivity index (χ2n) is 6.23. The van der Waals surface area contributed by atoms with E-state index in [4.69, 9.17) is 0 Å². The van der Waals surface area contributed by atoms with Gasteiger partial charge in [0, 0.05) is 30.6 Å². The summed E-state index contributed by atoms with van der Waals surface area (Å²) in [5.41, 5.74) is 0.126. The number of hydrogen-bond donors (Lipinski definition) is 1. The Morgan fingerprint density at radius 2 is 2.09 bits per heavy atom. The SMILES string of the molecule is Cc1c(F)cccc1S(=O)(=O)N1CCC[C@H](NC(=O)C(C)C)C1. The monoisotopic (exact) mass is 342 g/mol. The first-order valence-corrected chi connectivity index (χ1v) is 9.23. The number of benzene rings is 1. The minimum absolute atomic E-state index is 0.00617. The van der Waals surface area contributed by atoms with Crippen LogP contribution in [-0.2, 0) is 14.8 Å². The van der Waals surface area contributed by atoms with E-state index in [1.54, 1.807) is 13.8 Å². The Kier molecular flexibility index (Phi) is 5.41. The van der Waals surface area contributed by atoms with Gasteiger partial charge in [0.05, 0.1) is 4.90 Å². The predicted molar refractivity (Wildman–Crippen MR) is 85.9 cm³/mol. The normalized spacial score (nSPS) is 19.8. The number of sulfonamides is 1. The van der Waals surface area contributed by atoms with E-state index in [9.17, 15) is 17.6 Å². The first-order valence-electron chi connectivity index (χ1n) is 7.79. The molecule has 0 unspecified atom stereocenters. The second kappa shape index (κ2) is 6.97. The maximum Gasteiger partial charge on any atom is 0.243 e. The number of amides is 1. The van der Waals surface area contributed by atoms with Gasteiger partial charge < -0.3 is 5.32 Å². The van der Waals surface area contributed by atoms with Gasteiger partial charge >= 0.3 is 0 Å². The highest BCUT2D eigenvalue weighted by molar-refractivity contribution is 7.89. The molecule has 1 aliphatic rings. The average molecular weight is 342 g/mol. The van der Waals surface area contributed by atoms with Gasteiger partial charge in [-0.15, -0.1) is 0 Å². The summed E-state index contributed by atoms with van der Waals surface area (Å²) in [4.78, 5) is 11.8. The number of nitrogens with one attached hydrogen (secondary N) is 1. The Bertz CT molecular complexity index is 689. The largest absolute Gasteiger partial charge is 0.352 e. The lowest BCUT2D eigenvalue weighted by Gasteiger charge is -2.33. The molecule has 0 bridgehead atoms. The Morgan fingerprint density at radius 1 is 1.39 bits per heavy atom. The van der Waals surface area contributed by atoms with E-state index in [1.807, 2.05) is 0 Å². The molecule has 0 aromatic heterocycles. The summed E-state index contributed by atoms with van der Waals surface area (Å²) < 4.78 is 40.6. The molecule has 5 nitrogen and oxygen atoms in total. The van der Waals surface area contributed by atoms with Gasteiger partial charge in [-0.2, -0.15) is 4.31 Å². The van der Waals surface area contributed by atoms with Gasteiger partial charge in [-0.25, -0.2) is 12.8 Å². The summed E-state index contributed by atoms with van der Waals surface area (Å²) in [6.45, 7) is 5.65. The molecule has 1 N–H and O–H groups in total. The van der Waals surface area contributed by atoms with Crippen molar-refractivity contribution in [3.63, 3.8) is 0 Å². The van der Waals surface area contributed by atoms with Crippen LogP contribution in [0.3, 0.4) is 0 Å². The van der Waals surface area contributed by atoms with Crippen LogP contribution in [0.25, 0.3) is 0 Å². The minimum atomic E-state index is -3.76. The van der Waals surface area contributed by atoms with Gasteiger partial charge in [-0.1, -0.05) is 19.9 Å². The molecule has 1 fully saturated rings.